The van der Waals surface area contributed by atoms with Crippen LogP contribution in [0, 0.1) is 10.1 Å². The minimum atomic E-state index is -0.538. The molecule has 3 rings (SSSR count). The van der Waals surface area contributed by atoms with Gasteiger partial charge < -0.3 is 15.0 Å². The van der Waals surface area contributed by atoms with Gasteiger partial charge in [0.25, 0.3) is 0 Å². The van der Waals surface area contributed by atoms with E-state index >= 15 is 0 Å². The van der Waals surface area contributed by atoms with Crippen molar-refractivity contribution in [1.82, 2.24) is 9.88 Å². The van der Waals surface area contributed by atoms with Gasteiger partial charge >= 0.3 is 5.82 Å². The minimum absolute atomic E-state index is 0.0692. The van der Waals surface area contributed by atoms with Crippen LogP contribution < -0.4 is 4.90 Å². The number of nitro groups is 1. The summed E-state index contributed by atoms with van der Waals surface area (Å²) in [6.45, 7) is 0.630. The molecule has 0 unspecified atom stereocenters. The second-order valence-electron chi connectivity index (χ2n) is 5.39. The first-order valence-corrected chi connectivity index (χ1v) is 6.69. The Morgan fingerprint density at radius 1 is 1.35 bits per heavy atom. The first kappa shape index (κ1) is 13.0. The molecule has 2 aliphatic heterocycles. The summed E-state index contributed by atoms with van der Waals surface area (Å²) in [5.41, 5.74) is 0.640. The second kappa shape index (κ2) is 4.82. The molecule has 0 saturated carbocycles. The molecule has 0 aromatic carbocycles. The number of anilines is 1. The number of pyridine rings is 1. The number of carbonyl (C=O) groups excluding carboxylic acids is 1. The average Bonchev–Trinajstić information content (AvgIpc) is 2.70. The number of rotatable bonds is 2. The van der Waals surface area contributed by atoms with E-state index in [1.54, 1.807) is 11.0 Å². The van der Waals surface area contributed by atoms with Crippen LogP contribution in [0.15, 0.2) is 18.3 Å². The lowest BCUT2D eigenvalue weighted by Crippen LogP contribution is -2.38. The normalized spacial score (nSPS) is 26.6. The topological polar surface area (TPSA) is 79.6 Å². The van der Waals surface area contributed by atoms with Gasteiger partial charge in [0.2, 0.25) is 5.91 Å². The molecule has 0 aliphatic carbocycles. The smallest absolute Gasteiger partial charge is 0.358 e. The molecule has 2 fully saturated rings. The molecule has 7 heteroatoms. The molecule has 2 aliphatic rings. The van der Waals surface area contributed by atoms with Crippen LogP contribution >= 0.6 is 0 Å². The molecule has 3 heterocycles. The average molecular weight is 276 g/mol. The molecule has 2 saturated heterocycles. The van der Waals surface area contributed by atoms with Gasteiger partial charge in [-0.1, -0.05) is 0 Å². The standard InChI is InChI=1S/C13H16N4O3/c1-15-9-2-3-11(15)8-16(13(18)6-9)10-4-5-12(14-7-10)17(19)20/h4-5,7,9,11H,2-3,6,8H2,1H3/t9-,11+/m0/s1. The Hall–Kier alpha value is -2.02. The lowest BCUT2D eigenvalue weighted by atomic mass is 10.1. The third-order valence-corrected chi connectivity index (χ3v) is 4.32. The summed E-state index contributed by atoms with van der Waals surface area (Å²) >= 11 is 0. The molecule has 0 N–H and O–H groups in total. The molecule has 1 amide bonds. The van der Waals surface area contributed by atoms with Crippen LogP contribution in [0.4, 0.5) is 11.5 Å². The van der Waals surface area contributed by atoms with Gasteiger partial charge in [0.15, 0.2) is 6.20 Å². The van der Waals surface area contributed by atoms with Crippen LogP contribution in [0.25, 0.3) is 0 Å². The van der Waals surface area contributed by atoms with Crippen molar-refractivity contribution >= 4 is 17.4 Å². The Bertz CT molecular complexity index is 545. The zero-order valence-electron chi connectivity index (χ0n) is 11.2. The van der Waals surface area contributed by atoms with Crippen LogP contribution in [0.5, 0.6) is 0 Å². The van der Waals surface area contributed by atoms with Crippen molar-refractivity contribution in [2.24, 2.45) is 0 Å². The summed E-state index contributed by atoms with van der Waals surface area (Å²) in [7, 11) is 2.06. The number of amides is 1. The molecular weight excluding hydrogens is 260 g/mol. The third kappa shape index (κ3) is 2.14. The summed E-state index contributed by atoms with van der Waals surface area (Å²) < 4.78 is 0. The number of nitrogens with zero attached hydrogens (tertiary/aromatic N) is 4. The Labute approximate surface area is 116 Å². The van der Waals surface area contributed by atoms with E-state index in [-0.39, 0.29) is 11.7 Å². The van der Waals surface area contributed by atoms with Gasteiger partial charge in [-0.15, -0.1) is 0 Å². The summed E-state index contributed by atoms with van der Waals surface area (Å²) in [6.07, 6.45) is 4.07. The monoisotopic (exact) mass is 276 g/mol. The molecule has 106 valence electrons. The lowest BCUT2D eigenvalue weighted by molar-refractivity contribution is -0.389. The number of hydrogen-bond donors (Lipinski definition) is 0. The quantitative estimate of drug-likeness (QED) is 0.598. The molecular formula is C13H16N4O3. The van der Waals surface area contributed by atoms with Crippen LogP contribution in [0.2, 0.25) is 0 Å². The van der Waals surface area contributed by atoms with Crippen LogP contribution in [0.3, 0.4) is 0 Å². The van der Waals surface area contributed by atoms with Crippen molar-refractivity contribution in [2.75, 3.05) is 18.5 Å². The van der Waals surface area contributed by atoms with Gasteiger partial charge in [-0.05, 0) is 35.9 Å². The maximum Gasteiger partial charge on any atom is 0.363 e. The highest BCUT2D eigenvalue weighted by Crippen LogP contribution is 2.31. The first-order valence-electron chi connectivity index (χ1n) is 6.69. The highest BCUT2D eigenvalue weighted by Gasteiger charge is 2.38. The fourth-order valence-corrected chi connectivity index (χ4v) is 3.08. The molecule has 1 aromatic rings. The predicted molar refractivity (Wildman–Crippen MR) is 72.4 cm³/mol. The summed E-state index contributed by atoms with van der Waals surface area (Å²) in [5, 5.41) is 10.6. The predicted octanol–water partition coefficient (Wildman–Crippen LogP) is 1.19. The summed E-state index contributed by atoms with van der Waals surface area (Å²) in [4.78, 5) is 30.2. The Balaban J connectivity index is 1.85. The van der Waals surface area contributed by atoms with Crippen molar-refractivity contribution in [1.29, 1.82) is 0 Å². The third-order valence-electron chi connectivity index (χ3n) is 4.32. The fraction of sp³-hybridized carbons (Fsp3) is 0.538. The van der Waals surface area contributed by atoms with Gasteiger partial charge in [-0.3, -0.25) is 9.69 Å². The van der Waals surface area contributed by atoms with Crippen molar-refractivity contribution < 1.29 is 9.72 Å². The van der Waals surface area contributed by atoms with Crippen LogP contribution in [0.1, 0.15) is 19.3 Å². The molecule has 7 nitrogen and oxygen atoms in total. The summed E-state index contributed by atoms with van der Waals surface area (Å²) in [5.74, 6) is -0.130. The highest BCUT2D eigenvalue weighted by molar-refractivity contribution is 5.94. The van der Waals surface area contributed by atoms with Gasteiger partial charge in [-0.25, -0.2) is 0 Å². The highest BCUT2D eigenvalue weighted by atomic mass is 16.6. The maximum absolute atomic E-state index is 12.3. The van der Waals surface area contributed by atoms with Gasteiger partial charge in [0.1, 0.15) is 0 Å². The lowest BCUT2D eigenvalue weighted by Gasteiger charge is -2.25. The zero-order chi connectivity index (χ0) is 14.3. The summed E-state index contributed by atoms with van der Waals surface area (Å²) in [6, 6.07) is 3.63. The van der Waals surface area contributed by atoms with Crippen molar-refractivity contribution in [3.05, 3.63) is 28.4 Å². The number of carbonyl (C=O) groups is 1. The van der Waals surface area contributed by atoms with E-state index in [2.05, 4.69) is 16.9 Å². The van der Waals surface area contributed by atoms with Crippen molar-refractivity contribution in [3.8, 4) is 0 Å². The van der Waals surface area contributed by atoms with E-state index in [4.69, 9.17) is 0 Å². The number of fused-ring (bicyclic) bond motifs is 2. The van der Waals surface area contributed by atoms with E-state index in [1.807, 2.05) is 0 Å². The minimum Gasteiger partial charge on any atom is -0.358 e. The molecule has 0 radical (unpaired) electrons. The molecule has 2 atom stereocenters. The van der Waals surface area contributed by atoms with Crippen LogP contribution in [-0.4, -0.2) is 46.4 Å². The number of likely N-dealkylation sites (N-methyl/N-ethyl adjacent to an activating group) is 1. The van der Waals surface area contributed by atoms with E-state index in [9.17, 15) is 14.9 Å². The fourth-order valence-electron chi connectivity index (χ4n) is 3.08. The number of hydrogen-bond acceptors (Lipinski definition) is 5. The van der Waals surface area contributed by atoms with Crippen molar-refractivity contribution in [3.63, 3.8) is 0 Å². The van der Waals surface area contributed by atoms with Crippen LogP contribution in [-0.2, 0) is 4.79 Å². The largest absolute Gasteiger partial charge is 0.363 e. The molecule has 1 aromatic heterocycles. The maximum atomic E-state index is 12.3. The Morgan fingerprint density at radius 3 is 2.75 bits per heavy atom. The molecule has 0 spiro atoms. The Kier molecular flexibility index (Phi) is 3.13. The number of aromatic nitrogens is 1. The first-order chi connectivity index (χ1) is 9.56. The van der Waals surface area contributed by atoms with E-state index in [0.29, 0.717) is 30.7 Å². The van der Waals surface area contributed by atoms with E-state index in [1.165, 1.54) is 12.3 Å². The van der Waals surface area contributed by atoms with E-state index < -0.39 is 4.92 Å². The van der Waals surface area contributed by atoms with Gasteiger partial charge in [-0.2, -0.15) is 0 Å². The Morgan fingerprint density at radius 2 is 2.10 bits per heavy atom. The van der Waals surface area contributed by atoms with Crippen molar-refractivity contribution in [2.45, 2.75) is 31.3 Å². The second-order valence-corrected chi connectivity index (χ2v) is 5.39. The van der Waals surface area contributed by atoms with Gasteiger partial charge in [0, 0.05) is 31.1 Å². The zero-order valence-corrected chi connectivity index (χ0v) is 11.2. The van der Waals surface area contributed by atoms with Gasteiger partial charge in [0.05, 0.1) is 5.69 Å². The SMILES string of the molecule is CN1[C@@H]2CC[C@H]1CC(=O)N(c1ccc([N+](=O)[O-])nc1)C2. The van der Waals surface area contributed by atoms with E-state index in [0.717, 1.165) is 12.8 Å². The molecule has 2 bridgehead atoms. The molecule has 20 heavy (non-hydrogen) atoms.